The van der Waals surface area contributed by atoms with E-state index in [1.54, 1.807) is 42.5 Å². The molecule has 24 heavy (non-hydrogen) atoms. The molecule has 3 rings (SSSR count). The number of carbonyl (C=O) groups excluding carboxylic acids is 1. The van der Waals surface area contributed by atoms with Crippen LogP contribution in [-0.4, -0.2) is 14.8 Å². The predicted octanol–water partition coefficient (Wildman–Crippen LogP) is 2.97. The van der Waals surface area contributed by atoms with Crippen LogP contribution < -0.4 is 15.2 Å². The molecule has 7 nitrogen and oxygen atoms in total. The molecule has 0 spiro atoms. The highest BCUT2D eigenvalue weighted by Crippen LogP contribution is 2.20. The molecule has 0 fully saturated rings. The van der Waals surface area contributed by atoms with Crippen LogP contribution in [0.1, 0.15) is 0 Å². The third-order valence-electron chi connectivity index (χ3n) is 3.20. The number of hydrogen-bond donors (Lipinski definition) is 2. The van der Waals surface area contributed by atoms with Gasteiger partial charge in [0.2, 0.25) is 0 Å². The van der Waals surface area contributed by atoms with Crippen LogP contribution in [0.2, 0.25) is 0 Å². The number of para-hydroxylation sites is 1. The smallest absolute Gasteiger partial charge is 0.340 e. The Morgan fingerprint density at radius 3 is 2.54 bits per heavy atom. The van der Waals surface area contributed by atoms with Crippen molar-refractivity contribution in [1.82, 2.24) is 0 Å². The molecule has 0 aliphatic rings. The van der Waals surface area contributed by atoms with Crippen molar-refractivity contribution < 1.29 is 18.0 Å². The normalized spacial score (nSPS) is 11.9. The van der Waals surface area contributed by atoms with Gasteiger partial charge < -0.3 is 9.73 Å². The minimum atomic E-state index is -2.53. The van der Waals surface area contributed by atoms with Crippen LogP contribution in [0.25, 0.3) is 11.0 Å². The predicted molar refractivity (Wildman–Crippen MR) is 91.2 cm³/mol. The van der Waals surface area contributed by atoms with Crippen LogP contribution in [0, 0.1) is 0 Å². The fraction of sp³-hybridized carbons (Fsp3) is 0. The maximum Gasteiger partial charge on any atom is 0.340 e. The van der Waals surface area contributed by atoms with Gasteiger partial charge in [-0.15, -0.1) is 0 Å². The van der Waals surface area contributed by atoms with Crippen LogP contribution in [0.4, 0.5) is 16.2 Å². The number of amides is 2. The van der Waals surface area contributed by atoms with E-state index in [2.05, 4.69) is 5.32 Å². The number of fused-ring (bicyclic) bond motifs is 1. The summed E-state index contributed by atoms with van der Waals surface area (Å²) < 4.78 is 26.6. The summed E-state index contributed by atoms with van der Waals surface area (Å²) in [5.41, 5.74) is 0.590. The Labute approximate surface area is 138 Å². The molecule has 2 amide bonds. The largest absolute Gasteiger partial charge is 0.423 e. The molecule has 0 aliphatic carbocycles. The van der Waals surface area contributed by atoms with Gasteiger partial charge in [-0.3, -0.25) is 4.55 Å². The number of anilines is 2. The summed E-state index contributed by atoms with van der Waals surface area (Å²) in [6.07, 6.45) is 0. The zero-order valence-electron chi connectivity index (χ0n) is 12.2. The van der Waals surface area contributed by atoms with Gasteiger partial charge >= 0.3 is 11.7 Å². The van der Waals surface area contributed by atoms with Gasteiger partial charge in [0.05, 0.1) is 5.69 Å². The van der Waals surface area contributed by atoms with Gasteiger partial charge in [0.25, 0.3) is 11.3 Å². The van der Waals surface area contributed by atoms with Crippen LogP contribution in [0.15, 0.2) is 69.9 Å². The molecule has 1 atom stereocenters. The molecule has 1 heterocycles. The van der Waals surface area contributed by atoms with Gasteiger partial charge in [-0.1, -0.05) is 18.2 Å². The topological polar surface area (TPSA) is 99.9 Å². The number of hydrogen-bond acceptors (Lipinski definition) is 4. The fourth-order valence-corrected chi connectivity index (χ4v) is 2.66. The molecule has 8 heteroatoms. The van der Waals surface area contributed by atoms with Gasteiger partial charge in [-0.05, 0) is 36.4 Å². The summed E-state index contributed by atoms with van der Waals surface area (Å²) in [5, 5.41) is 3.16. The summed E-state index contributed by atoms with van der Waals surface area (Å²) in [6, 6.07) is 14.9. The van der Waals surface area contributed by atoms with Crippen molar-refractivity contribution >= 4 is 39.6 Å². The van der Waals surface area contributed by atoms with Crippen molar-refractivity contribution in [2.45, 2.75) is 0 Å². The van der Waals surface area contributed by atoms with Gasteiger partial charge in [-0.2, -0.15) is 4.31 Å². The minimum Gasteiger partial charge on any atom is -0.423 e. The molecule has 0 aliphatic heterocycles. The summed E-state index contributed by atoms with van der Waals surface area (Å²) >= 11 is -2.53. The third-order valence-corrected chi connectivity index (χ3v) is 3.89. The molecule has 2 aromatic carbocycles. The van der Waals surface area contributed by atoms with Crippen LogP contribution in [-0.2, 0) is 11.3 Å². The highest BCUT2D eigenvalue weighted by Gasteiger charge is 2.21. The number of nitrogens with zero attached hydrogens (tertiary/aromatic N) is 1. The highest BCUT2D eigenvalue weighted by molar-refractivity contribution is 7.81. The van der Waals surface area contributed by atoms with E-state index in [0.717, 1.165) is 4.31 Å². The van der Waals surface area contributed by atoms with Crippen molar-refractivity contribution in [1.29, 1.82) is 0 Å². The maximum atomic E-state index is 12.3. The molecular formula is C16H12N2O5S. The maximum absolute atomic E-state index is 12.3. The molecule has 0 saturated heterocycles. The van der Waals surface area contributed by atoms with Crippen molar-refractivity contribution in [3.63, 3.8) is 0 Å². The van der Waals surface area contributed by atoms with Crippen molar-refractivity contribution in [3.05, 3.63) is 71.1 Å². The summed E-state index contributed by atoms with van der Waals surface area (Å²) in [6.45, 7) is 0. The minimum absolute atomic E-state index is 0.280. The van der Waals surface area contributed by atoms with E-state index in [1.807, 2.05) is 0 Å². The second kappa shape index (κ2) is 6.65. The number of urea groups is 1. The molecule has 122 valence electrons. The lowest BCUT2D eigenvalue weighted by atomic mass is 10.2. The first-order valence-corrected chi connectivity index (χ1v) is 7.92. The first-order valence-electron chi connectivity index (χ1n) is 6.85. The molecule has 1 unspecified atom stereocenters. The second-order valence-electron chi connectivity index (χ2n) is 4.80. The Balaban J connectivity index is 1.89. The molecule has 0 radical (unpaired) electrons. The van der Waals surface area contributed by atoms with E-state index in [4.69, 9.17) is 4.42 Å². The molecule has 3 aromatic rings. The van der Waals surface area contributed by atoms with E-state index in [0.29, 0.717) is 16.7 Å². The Morgan fingerprint density at radius 1 is 1.08 bits per heavy atom. The van der Waals surface area contributed by atoms with E-state index in [1.165, 1.54) is 18.2 Å². The molecule has 2 N–H and O–H groups in total. The molecule has 0 bridgehead atoms. The van der Waals surface area contributed by atoms with Crippen LogP contribution in [0.5, 0.6) is 0 Å². The third kappa shape index (κ3) is 3.34. The van der Waals surface area contributed by atoms with E-state index in [-0.39, 0.29) is 5.69 Å². The van der Waals surface area contributed by atoms with E-state index >= 15 is 0 Å². The molecule has 1 aromatic heterocycles. The average molecular weight is 344 g/mol. The quantitative estimate of drug-likeness (QED) is 0.562. The molecular weight excluding hydrogens is 332 g/mol. The van der Waals surface area contributed by atoms with Crippen molar-refractivity contribution in [2.75, 3.05) is 9.62 Å². The fourth-order valence-electron chi connectivity index (χ4n) is 2.17. The monoisotopic (exact) mass is 344 g/mol. The standard InChI is InChI=1S/C16H12N2O5S/c19-15-9-6-11-10-12(7-8-14(11)23-15)17-16(20)18(24(21)22)13-4-2-1-3-5-13/h1-10H,(H,17,20)(H,21,22). The van der Waals surface area contributed by atoms with Crippen molar-refractivity contribution in [2.24, 2.45) is 0 Å². The second-order valence-corrected chi connectivity index (χ2v) is 5.62. The lowest BCUT2D eigenvalue weighted by molar-refractivity contribution is 0.259. The lowest BCUT2D eigenvalue weighted by Gasteiger charge is -2.18. The molecule has 0 saturated carbocycles. The number of carbonyl (C=O) groups is 1. The van der Waals surface area contributed by atoms with Gasteiger partial charge in [-0.25, -0.2) is 13.8 Å². The van der Waals surface area contributed by atoms with Crippen LogP contribution >= 0.6 is 0 Å². The van der Waals surface area contributed by atoms with Crippen LogP contribution in [0.3, 0.4) is 0 Å². The Morgan fingerprint density at radius 2 is 1.83 bits per heavy atom. The SMILES string of the molecule is O=C(Nc1ccc2oc(=O)ccc2c1)N(c1ccccc1)S(=O)O. The van der Waals surface area contributed by atoms with Gasteiger partial charge in [0.1, 0.15) is 5.58 Å². The number of rotatable bonds is 3. The summed E-state index contributed by atoms with van der Waals surface area (Å²) in [7, 11) is 0. The Kier molecular flexibility index (Phi) is 4.41. The first kappa shape index (κ1) is 15.9. The van der Waals surface area contributed by atoms with E-state index in [9.17, 15) is 18.4 Å². The summed E-state index contributed by atoms with van der Waals surface area (Å²) in [5.74, 6) is 0. The summed E-state index contributed by atoms with van der Waals surface area (Å²) in [4.78, 5) is 23.5. The number of benzene rings is 2. The average Bonchev–Trinajstić information content (AvgIpc) is 2.56. The van der Waals surface area contributed by atoms with Crippen molar-refractivity contribution in [3.8, 4) is 0 Å². The van der Waals surface area contributed by atoms with Gasteiger partial charge in [0.15, 0.2) is 0 Å². The van der Waals surface area contributed by atoms with E-state index < -0.39 is 22.9 Å². The first-order chi connectivity index (χ1) is 11.5. The Bertz CT molecular complexity index is 971. The van der Waals surface area contributed by atoms with Gasteiger partial charge in [0, 0.05) is 17.1 Å². The zero-order valence-corrected chi connectivity index (χ0v) is 13.0. The highest BCUT2D eigenvalue weighted by atomic mass is 32.2. The number of nitrogens with one attached hydrogen (secondary N) is 1. The lowest BCUT2D eigenvalue weighted by Crippen LogP contribution is -2.36. The Hall–Kier alpha value is -2.97. The zero-order chi connectivity index (χ0) is 17.1.